The normalized spacial score (nSPS) is 12.0. The summed E-state index contributed by atoms with van der Waals surface area (Å²) in [6.45, 7) is 3.89. The number of amides is 1. The molecule has 1 unspecified atom stereocenters. The first-order chi connectivity index (χ1) is 15.9. The molecule has 1 N–H and O–H groups in total. The van der Waals surface area contributed by atoms with E-state index in [1.807, 2.05) is 43.8 Å². The van der Waals surface area contributed by atoms with Crippen molar-refractivity contribution in [2.75, 3.05) is 14.2 Å². The smallest absolute Gasteiger partial charge is 0.252 e. The third kappa shape index (κ3) is 4.50. The second-order valence-corrected chi connectivity index (χ2v) is 7.78. The maximum atomic E-state index is 13.1. The Morgan fingerprint density at radius 2 is 1.85 bits per heavy atom. The van der Waals surface area contributed by atoms with Crippen molar-refractivity contribution in [2.24, 2.45) is 7.05 Å². The molecule has 1 amide bonds. The van der Waals surface area contributed by atoms with E-state index in [-0.39, 0.29) is 12.3 Å². The first kappa shape index (κ1) is 22.3. The number of hydrogen-bond acceptors (Lipinski definition) is 7. The predicted octanol–water partition coefficient (Wildman–Crippen LogP) is 2.33. The number of hydrogen-bond donors (Lipinski definition) is 1. The highest BCUT2D eigenvalue weighted by molar-refractivity contribution is 5.77. The van der Waals surface area contributed by atoms with Crippen molar-refractivity contribution in [3.8, 4) is 11.5 Å². The molecule has 0 saturated heterocycles. The number of imidazole rings is 1. The van der Waals surface area contributed by atoms with Gasteiger partial charge >= 0.3 is 0 Å². The zero-order valence-electron chi connectivity index (χ0n) is 19.4. The van der Waals surface area contributed by atoms with Crippen LogP contribution in [0.5, 0.6) is 11.5 Å². The Morgan fingerprint density at radius 1 is 1.12 bits per heavy atom. The van der Waals surface area contributed by atoms with Gasteiger partial charge in [-0.15, -0.1) is 0 Å². The van der Waals surface area contributed by atoms with E-state index in [4.69, 9.17) is 9.47 Å². The molecule has 0 saturated carbocycles. The van der Waals surface area contributed by atoms with Gasteiger partial charge in [0, 0.05) is 43.3 Å². The standard InChI is InChI=1S/C23H27N7O3/c1-14-19(15(2)30-23(27-14)25-13-26-30)6-7-20(31)28-21(22-24-8-9-29(22)3)16-10-17(32-4)12-18(11-16)33-5/h8-13,21H,6-7H2,1-5H3,(H,28,31). The van der Waals surface area contributed by atoms with Crippen molar-refractivity contribution in [2.45, 2.75) is 32.7 Å². The van der Waals surface area contributed by atoms with Gasteiger partial charge in [-0.1, -0.05) is 0 Å². The van der Waals surface area contributed by atoms with E-state index >= 15 is 0 Å². The van der Waals surface area contributed by atoms with Crippen LogP contribution in [-0.2, 0) is 18.3 Å². The van der Waals surface area contributed by atoms with E-state index in [2.05, 4.69) is 25.4 Å². The van der Waals surface area contributed by atoms with E-state index in [0.29, 0.717) is 29.5 Å². The van der Waals surface area contributed by atoms with Gasteiger partial charge in [0.2, 0.25) is 5.91 Å². The lowest BCUT2D eigenvalue weighted by Gasteiger charge is -2.21. The zero-order chi connectivity index (χ0) is 23.5. The Kier molecular flexibility index (Phi) is 6.25. The number of carbonyl (C=O) groups is 1. The summed E-state index contributed by atoms with van der Waals surface area (Å²) < 4.78 is 14.4. The number of aryl methyl sites for hydroxylation is 3. The maximum Gasteiger partial charge on any atom is 0.252 e. The SMILES string of the molecule is COc1cc(OC)cc(C(NC(=O)CCc2c(C)nc3ncnn3c2C)c2nccn2C)c1. The highest BCUT2D eigenvalue weighted by atomic mass is 16.5. The maximum absolute atomic E-state index is 13.1. The number of methoxy groups -OCH3 is 2. The van der Waals surface area contributed by atoms with Crippen LogP contribution in [0.15, 0.2) is 36.9 Å². The third-order valence-corrected chi connectivity index (χ3v) is 5.72. The van der Waals surface area contributed by atoms with E-state index in [9.17, 15) is 4.79 Å². The highest BCUT2D eigenvalue weighted by Gasteiger charge is 2.23. The van der Waals surface area contributed by atoms with Crippen LogP contribution in [0.25, 0.3) is 5.78 Å². The number of rotatable bonds is 8. The first-order valence-corrected chi connectivity index (χ1v) is 10.6. The largest absolute Gasteiger partial charge is 0.497 e. The summed E-state index contributed by atoms with van der Waals surface area (Å²) in [6.07, 6.45) is 5.84. The van der Waals surface area contributed by atoms with Crippen molar-refractivity contribution < 1.29 is 14.3 Å². The van der Waals surface area contributed by atoms with Crippen LogP contribution in [0, 0.1) is 13.8 Å². The topological polar surface area (TPSA) is 108 Å². The first-order valence-electron chi connectivity index (χ1n) is 10.6. The van der Waals surface area contributed by atoms with Crippen LogP contribution in [0.2, 0.25) is 0 Å². The molecule has 0 aliphatic rings. The van der Waals surface area contributed by atoms with Crippen LogP contribution in [0.1, 0.15) is 40.8 Å². The van der Waals surface area contributed by atoms with Crippen molar-refractivity contribution in [3.63, 3.8) is 0 Å². The summed E-state index contributed by atoms with van der Waals surface area (Å²) >= 11 is 0. The Morgan fingerprint density at radius 3 is 2.48 bits per heavy atom. The molecular formula is C23H27N7O3. The lowest BCUT2D eigenvalue weighted by molar-refractivity contribution is -0.121. The molecule has 172 valence electrons. The minimum Gasteiger partial charge on any atom is -0.497 e. The summed E-state index contributed by atoms with van der Waals surface area (Å²) in [5.41, 5.74) is 3.58. The van der Waals surface area contributed by atoms with Gasteiger partial charge in [0.05, 0.1) is 14.2 Å². The number of ether oxygens (including phenoxy) is 2. The van der Waals surface area contributed by atoms with Crippen LogP contribution in [0.4, 0.5) is 0 Å². The van der Waals surface area contributed by atoms with Gasteiger partial charge in [-0.25, -0.2) is 14.5 Å². The molecule has 0 aliphatic heterocycles. The quantitative estimate of drug-likeness (QED) is 0.440. The Labute approximate surface area is 191 Å². The minimum absolute atomic E-state index is 0.109. The molecular weight excluding hydrogens is 422 g/mol. The number of carbonyl (C=O) groups excluding carboxylic acids is 1. The molecule has 3 heterocycles. The van der Waals surface area contributed by atoms with E-state index in [1.54, 1.807) is 31.0 Å². The summed E-state index contributed by atoms with van der Waals surface area (Å²) in [4.78, 5) is 26.2. The average molecular weight is 450 g/mol. The molecule has 0 fully saturated rings. The van der Waals surface area contributed by atoms with Crippen LogP contribution >= 0.6 is 0 Å². The van der Waals surface area contributed by atoms with Gasteiger partial charge in [0.1, 0.15) is 29.7 Å². The summed E-state index contributed by atoms with van der Waals surface area (Å²) in [7, 11) is 5.08. The fraction of sp³-hybridized carbons (Fsp3) is 0.348. The molecule has 0 radical (unpaired) electrons. The van der Waals surface area contributed by atoms with E-state index < -0.39 is 6.04 Å². The average Bonchev–Trinajstić information content (AvgIpc) is 3.45. The lowest BCUT2D eigenvalue weighted by Crippen LogP contribution is -2.31. The van der Waals surface area contributed by atoms with Crippen molar-refractivity contribution in [1.82, 2.24) is 34.4 Å². The minimum atomic E-state index is -0.473. The van der Waals surface area contributed by atoms with Crippen LogP contribution in [0.3, 0.4) is 0 Å². The summed E-state index contributed by atoms with van der Waals surface area (Å²) in [5.74, 6) is 2.42. The second kappa shape index (κ2) is 9.27. The predicted molar refractivity (Wildman–Crippen MR) is 121 cm³/mol. The molecule has 3 aromatic heterocycles. The Bertz CT molecular complexity index is 1270. The molecule has 1 aromatic carbocycles. The zero-order valence-corrected chi connectivity index (χ0v) is 19.4. The van der Waals surface area contributed by atoms with Gasteiger partial charge in [-0.3, -0.25) is 4.79 Å². The Balaban J connectivity index is 1.59. The molecule has 33 heavy (non-hydrogen) atoms. The molecule has 10 heteroatoms. The van der Waals surface area contributed by atoms with Gasteiger partial charge < -0.3 is 19.4 Å². The van der Waals surface area contributed by atoms with Crippen LogP contribution in [-0.4, -0.2) is 49.3 Å². The number of nitrogens with one attached hydrogen (secondary N) is 1. The number of aromatic nitrogens is 6. The van der Waals surface area contributed by atoms with Crippen molar-refractivity contribution in [3.05, 3.63) is 65.3 Å². The van der Waals surface area contributed by atoms with Crippen molar-refractivity contribution >= 4 is 11.7 Å². The van der Waals surface area contributed by atoms with Gasteiger partial charge in [-0.2, -0.15) is 10.1 Å². The van der Waals surface area contributed by atoms with Crippen molar-refractivity contribution in [1.29, 1.82) is 0 Å². The monoisotopic (exact) mass is 449 g/mol. The molecule has 4 aromatic rings. The van der Waals surface area contributed by atoms with Crippen LogP contribution < -0.4 is 14.8 Å². The summed E-state index contributed by atoms with van der Waals surface area (Å²) in [5, 5.41) is 7.35. The molecule has 10 nitrogen and oxygen atoms in total. The fourth-order valence-electron chi connectivity index (χ4n) is 3.94. The summed E-state index contributed by atoms with van der Waals surface area (Å²) in [6, 6.07) is 5.07. The van der Waals surface area contributed by atoms with E-state index in [1.165, 1.54) is 6.33 Å². The highest BCUT2D eigenvalue weighted by Crippen LogP contribution is 2.29. The molecule has 4 rings (SSSR count). The fourth-order valence-corrected chi connectivity index (χ4v) is 3.94. The Hall–Kier alpha value is -3.95. The number of nitrogens with zero attached hydrogens (tertiary/aromatic N) is 6. The van der Waals surface area contributed by atoms with E-state index in [0.717, 1.165) is 22.5 Å². The third-order valence-electron chi connectivity index (χ3n) is 5.72. The molecule has 1 atom stereocenters. The molecule has 0 aliphatic carbocycles. The lowest BCUT2D eigenvalue weighted by atomic mass is 10.0. The number of fused-ring (bicyclic) bond motifs is 1. The molecule has 0 spiro atoms. The molecule has 0 bridgehead atoms. The van der Waals surface area contributed by atoms with Gasteiger partial charge in [0.15, 0.2) is 0 Å². The van der Waals surface area contributed by atoms with Gasteiger partial charge in [-0.05, 0) is 43.5 Å². The number of benzene rings is 1. The second-order valence-electron chi connectivity index (χ2n) is 7.78. The van der Waals surface area contributed by atoms with Gasteiger partial charge in [0.25, 0.3) is 5.78 Å².